The largest absolute Gasteiger partial charge is 0.488 e. The monoisotopic (exact) mass is 299 g/mol. The van der Waals surface area contributed by atoms with Crippen molar-refractivity contribution in [1.29, 1.82) is 0 Å². The second kappa shape index (κ2) is 5.99. The summed E-state index contributed by atoms with van der Waals surface area (Å²) in [6, 6.07) is 4.56. The Bertz CT molecular complexity index is 566. The van der Waals surface area contributed by atoms with E-state index in [2.05, 4.69) is 16.7 Å². The van der Waals surface area contributed by atoms with Gasteiger partial charge in [0.15, 0.2) is 0 Å². The van der Waals surface area contributed by atoms with Crippen LogP contribution in [0, 0.1) is 0 Å². The van der Waals surface area contributed by atoms with E-state index in [0.29, 0.717) is 11.4 Å². The Morgan fingerprint density at radius 3 is 2.55 bits per heavy atom. The molecular formula is C13H21N3O3S. The third-order valence-electron chi connectivity index (χ3n) is 3.52. The maximum Gasteiger partial charge on any atom is 0.240 e. The van der Waals surface area contributed by atoms with Gasteiger partial charge in [-0.15, -0.1) is 0 Å². The average molecular weight is 299 g/mol. The summed E-state index contributed by atoms with van der Waals surface area (Å²) in [5, 5.41) is 0. The third kappa shape index (κ3) is 3.41. The molecular weight excluding hydrogens is 278 g/mol. The van der Waals surface area contributed by atoms with Crippen LogP contribution in [-0.2, 0) is 10.0 Å². The van der Waals surface area contributed by atoms with Gasteiger partial charge >= 0.3 is 0 Å². The lowest BCUT2D eigenvalue weighted by molar-refractivity contribution is 0.115. The number of ether oxygens (including phenoxy) is 1. The first-order chi connectivity index (χ1) is 9.42. The molecule has 6 nitrogen and oxygen atoms in total. The Balaban J connectivity index is 2.10. The molecule has 7 heteroatoms. The molecule has 1 aromatic carbocycles. The maximum absolute atomic E-state index is 11.7. The number of sulfonamides is 1. The predicted octanol–water partition coefficient (Wildman–Crippen LogP) is 0.650. The molecule has 20 heavy (non-hydrogen) atoms. The van der Waals surface area contributed by atoms with Gasteiger partial charge < -0.3 is 15.4 Å². The van der Waals surface area contributed by atoms with Crippen molar-refractivity contribution in [3.63, 3.8) is 0 Å². The molecule has 0 aromatic heterocycles. The van der Waals surface area contributed by atoms with Gasteiger partial charge in [0.25, 0.3) is 0 Å². The molecule has 1 saturated heterocycles. The average Bonchev–Trinajstić information content (AvgIpc) is 2.43. The molecule has 0 aliphatic carbocycles. The van der Waals surface area contributed by atoms with E-state index in [1.807, 2.05) is 0 Å². The molecule has 3 N–H and O–H groups in total. The summed E-state index contributed by atoms with van der Waals surface area (Å²) in [5.41, 5.74) is 6.24. The van der Waals surface area contributed by atoms with E-state index in [4.69, 9.17) is 10.5 Å². The molecule has 0 amide bonds. The normalized spacial score (nSPS) is 18.1. The van der Waals surface area contributed by atoms with Gasteiger partial charge in [0, 0.05) is 13.1 Å². The Hall–Kier alpha value is -1.31. The molecule has 0 unspecified atom stereocenters. The van der Waals surface area contributed by atoms with Crippen LogP contribution in [0.5, 0.6) is 5.75 Å². The molecule has 0 atom stereocenters. The summed E-state index contributed by atoms with van der Waals surface area (Å²) in [4.78, 5) is 2.40. The van der Waals surface area contributed by atoms with Gasteiger partial charge in [-0.05, 0) is 45.1 Å². The van der Waals surface area contributed by atoms with Crippen LogP contribution >= 0.6 is 0 Å². The lowest BCUT2D eigenvalue weighted by atomic mass is 10.1. The van der Waals surface area contributed by atoms with Gasteiger partial charge in [0.05, 0.1) is 10.6 Å². The fourth-order valence-electron chi connectivity index (χ4n) is 2.20. The minimum absolute atomic E-state index is 0.139. The van der Waals surface area contributed by atoms with Crippen LogP contribution in [0.3, 0.4) is 0 Å². The smallest absolute Gasteiger partial charge is 0.240 e. The number of nitrogens with one attached hydrogen (secondary N) is 1. The van der Waals surface area contributed by atoms with E-state index in [1.165, 1.54) is 19.2 Å². The molecule has 1 aliphatic heterocycles. The van der Waals surface area contributed by atoms with Crippen molar-refractivity contribution in [2.75, 3.05) is 32.9 Å². The lowest BCUT2D eigenvalue weighted by Gasteiger charge is -2.29. The first-order valence-corrected chi connectivity index (χ1v) is 8.09. The molecule has 0 bridgehead atoms. The number of nitrogens with two attached hydrogens (primary N) is 1. The second-order valence-electron chi connectivity index (χ2n) is 5.03. The van der Waals surface area contributed by atoms with Crippen molar-refractivity contribution in [3.05, 3.63) is 18.2 Å². The standard InChI is InChI=1S/C13H21N3O3S/c1-15-20(17,18)11-3-4-13(12(14)9-11)19-10-5-7-16(2)8-6-10/h3-4,9-10,15H,5-8,14H2,1-2H3. The molecule has 0 spiro atoms. The number of rotatable bonds is 4. The van der Waals surface area contributed by atoms with Gasteiger partial charge in [-0.3, -0.25) is 0 Å². The molecule has 112 valence electrons. The summed E-state index contributed by atoms with van der Waals surface area (Å²) >= 11 is 0. The Labute approximate surface area is 120 Å². The van der Waals surface area contributed by atoms with E-state index >= 15 is 0 Å². The number of hydrogen-bond donors (Lipinski definition) is 2. The fraction of sp³-hybridized carbons (Fsp3) is 0.538. The van der Waals surface area contributed by atoms with E-state index in [9.17, 15) is 8.42 Å². The highest BCUT2D eigenvalue weighted by atomic mass is 32.2. The van der Waals surface area contributed by atoms with Gasteiger partial charge in [-0.25, -0.2) is 13.1 Å². The highest BCUT2D eigenvalue weighted by molar-refractivity contribution is 7.89. The molecule has 0 radical (unpaired) electrons. The summed E-state index contributed by atoms with van der Waals surface area (Å²) in [6.07, 6.45) is 2.04. The molecule has 1 aromatic rings. The van der Waals surface area contributed by atoms with E-state index in [0.717, 1.165) is 25.9 Å². The van der Waals surface area contributed by atoms with Crippen LogP contribution in [0.25, 0.3) is 0 Å². The molecule has 0 saturated carbocycles. The molecule has 1 heterocycles. The van der Waals surface area contributed by atoms with E-state index < -0.39 is 10.0 Å². The molecule has 1 fully saturated rings. The van der Waals surface area contributed by atoms with Crippen LogP contribution in [-0.4, -0.2) is 46.6 Å². The van der Waals surface area contributed by atoms with Crippen molar-refractivity contribution < 1.29 is 13.2 Å². The molecule has 1 aliphatic rings. The van der Waals surface area contributed by atoms with E-state index in [1.54, 1.807) is 6.07 Å². The Morgan fingerprint density at radius 1 is 1.35 bits per heavy atom. The number of nitrogens with zero attached hydrogens (tertiary/aromatic N) is 1. The lowest BCUT2D eigenvalue weighted by Crippen LogP contribution is -2.35. The first kappa shape index (κ1) is 15.1. The highest BCUT2D eigenvalue weighted by Crippen LogP contribution is 2.27. The fourth-order valence-corrected chi connectivity index (χ4v) is 2.97. The van der Waals surface area contributed by atoms with E-state index in [-0.39, 0.29) is 11.0 Å². The van der Waals surface area contributed by atoms with Crippen LogP contribution in [0.1, 0.15) is 12.8 Å². The van der Waals surface area contributed by atoms with Gasteiger partial charge in [0.1, 0.15) is 11.9 Å². The van der Waals surface area contributed by atoms with Gasteiger partial charge in [0.2, 0.25) is 10.0 Å². The number of likely N-dealkylation sites (tertiary alicyclic amines) is 1. The zero-order chi connectivity index (χ0) is 14.8. The third-order valence-corrected chi connectivity index (χ3v) is 4.93. The SMILES string of the molecule is CNS(=O)(=O)c1ccc(OC2CCN(C)CC2)c(N)c1. The summed E-state index contributed by atoms with van der Waals surface area (Å²) in [6.45, 7) is 1.99. The number of benzene rings is 1. The van der Waals surface area contributed by atoms with Crippen molar-refractivity contribution >= 4 is 15.7 Å². The number of hydrogen-bond acceptors (Lipinski definition) is 5. The van der Waals surface area contributed by atoms with Gasteiger partial charge in [-0.1, -0.05) is 0 Å². The predicted molar refractivity (Wildman–Crippen MR) is 78.2 cm³/mol. The maximum atomic E-state index is 11.7. The summed E-state index contributed by atoms with van der Waals surface area (Å²) in [7, 11) is -0.0152. The number of piperidine rings is 1. The summed E-state index contributed by atoms with van der Waals surface area (Å²) in [5.74, 6) is 0.551. The number of anilines is 1. The number of nitrogen functional groups attached to an aromatic ring is 1. The zero-order valence-corrected chi connectivity index (χ0v) is 12.6. The minimum atomic E-state index is -3.47. The van der Waals surface area contributed by atoms with Crippen LogP contribution in [0.15, 0.2) is 23.1 Å². The topological polar surface area (TPSA) is 84.7 Å². The molecule has 2 rings (SSSR count). The summed E-state index contributed by atoms with van der Waals surface area (Å²) < 4.78 is 31.5. The minimum Gasteiger partial charge on any atom is -0.488 e. The highest BCUT2D eigenvalue weighted by Gasteiger charge is 2.20. The first-order valence-electron chi connectivity index (χ1n) is 6.60. The van der Waals surface area contributed by atoms with Gasteiger partial charge in [-0.2, -0.15) is 0 Å². The van der Waals surface area contributed by atoms with Crippen molar-refractivity contribution in [2.45, 2.75) is 23.8 Å². The van der Waals surface area contributed by atoms with Crippen molar-refractivity contribution in [1.82, 2.24) is 9.62 Å². The van der Waals surface area contributed by atoms with Crippen LogP contribution in [0.2, 0.25) is 0 Å². The van der Waals surface area contributed by atoms with Crippen molar-refractivity contribution in [2.24, 2.45) is 0 Å². The van der Waals surface area contributed by atoms with Crippen molar-refractivity contribution in [3.8, 4) is 5.75 Å². The van der Waals surface area contributed by atoms with Crippen LogP contribution in [0.4, 0.5) is 5.69 Å². The quantitative estimate of drug-likeness (QED) is 0.797. The Morgan fingerprint density at radius 2 is 2.00 bits per heavy atom. The Kier molecular flexibility index (Phi) is 4.52. The van der Waals surface area contributed by atoms with Crippen LogP contribution < -0.4 is 15.2 Å². The second-order valence-corrected chi connectivity index (χ2v) is 6.91. The zero-order valence-electron chi connectivity index (χ0n) is 11.8.